The van der Waals surface area contributed by atoms with Crippen molar-refractivity contribution >= 4 is 28.1 Å². The molecule has 2 aliphatic heterocycles. The van der Waals surface area contributed by atoms with Gasteiger partial charge in [0.15, 0.2) is 5.13 Å². The van der Waals surface area contributed by atoms with E-state index in [1.54, 1.807) is 0 Å². The highest BCUT2D eigenvalue weighted by Crippen LogP contribution is 2.20. The van der Waals surface area contributed by atoms with E-state index < -0.39 is 0 Å². The topological polar surface area (TPSA) is 68.9 Å². The Morgan fingerprint density at radius 2 is 1.70 bits per heavy atom. The van der Waals surface area contributed by atoms with E-state index in [4.69, 9.17) is 5.73 Å². The first kappa shape index (κ1) is 21.1. The van der Waals surface area contributed by atoms with Crippen LogP contribution in [0.2, 0.25) is 0 Å². The average molecular weight is 429 g/mol. The van der Waals surface area contributed by atoms with Crippen LogP contribution in [0.15, 0.2) is 30.5 Å². The lowest BCUT2D eigenvalue weighted by molar-refractivity contribution is 0.0629. The van der Waals surface area contributed by atoms with Crippen LogP contribution in [0.25, 0.3) is 0 Å². The maximum absolute atomic E-state index is 12.9. The van der Waals surface area contributed by atoms with Gasteiger partial charge in [-0.2, -0.15) is 0 Å². The van der Waals surface area contributed by atoms with Crippen molar-refractivity contribution in [2.45, 2.75) is 26.4 Å². The van der Waals surface area contributed by atoms with Crippen molar-refractivity contribution in [3.8, 4) is 0 Å². The molecule has 1 aromatic carbocycles. The third-order valence-corrected chi connectivity index (χ3v) is 6.95. The van der Waals surface area contributed by atoms with Gasteiger partial charge in [-0.25, -0.2) is 4.98 Å². The molecule has 30 heavy (non-hydrogen) atoms. The Hall–Kier alpha value is -2.16. The number of nitrogens with two attached hydrogens (primary N) is 1. The molecule has 0 radical (unpaired) electrons. The molecule has 1 aromatic heterocycles. The summed E-state index contributed by atoms with van der Waals surface area (Å²) in [4.78, 5) is 27.5. The number of carbonyl (C=O) groups excluding carboxylic acids is 1. The summed E-state index contributed by atoms with van der Waals surface area (Å²) in [5.41, 5.74) is 7.71. The van der Waals surface area contributed by atoms with E-state index >= 15 is 0 Å². The normalized spacial score (nSPS) is 18.9. The lowest BCUT2D eigenvalue weighted by Crippen LogP contribution is -2.49. The number of rotatable bonds is 5. The molecule has 1 amide bonds. The van der Waals surface area contributed by atoms with Crippen LogP contribution in [0.4, 0.5) is 10.8 Å². The fourth-order valence-corrected chi connectivity index (χ4v) is 4.95. The molecule has 8 heteroatoms. The van der Waals surface area contributed by atoms with E-state index in [1.165, 1.54) is 21.9 Å². The summed E-state index contributed by atoms with van der Waals surface area (Å²) in [5.74, 6) is 0.132. The van der Waals surface area contributed by atoms with E-state index in [-0.39, 0.29) is 5.91 Å². The minimum Gasteiger partial charge on any atom is -0.375 e. The van der Waals surface area contributed by atoms with E-state index in [2.05, 4.69) is 45.7 Å². The highest BCUT2D eigenvalue weighted by Gasteiger charge is 2.23. The van der Waals surface area contributed by atoms with Crippen molar-refractivity contribution in [1.29, 1.82) is 0 Å². The maximum atomic E-state index is 12.9. The summed E-state index contributed by atoms with van der Waals surface area (Å²) >= 11 is 1.54. The van der Waals surface area contributed by atoms with Gasteiger partial charge in [0, 0.05) is 87.3 Å². The summed E-state index contributed by atoms with van der Waals surface area (Å²) in [5, 5.41) is 0.615. The number of benzene rings is 1. The molecule has 2 aromatic rings. The van der Waals surface area contributed by atoms with Crippen LogP contribution < -0.4 is 10.6 Å². The summed E-state index contributed by atoms with van der Waals surface area (Å²) in [6.07, 6.45) is 1.85. The number of thiazole rings is 1. The zero-order valence-corrected chi connectivity index (χ0v) is 18.8. The molecule has 0 saturated carbocycles. The van der Waals surface area contributed by atoms with Gasteiger partial charge in [-0.05, 0) is 38.1 Å². The van der Waals surface area contributed by atoms with Gasteiger partial charge in [0.2, 0.25) is 0 Å². The van der Waals surface area contributed by atoms with Crippen LogP contribution in [0.1, 0.15) is 29.1 Å². The number of amides is 1. The largest absolute Gasteiger partial charge is 0.375 e. The third-order valence-electron chi connectivity index (χ3n) is 6.13. The summed E-state index contributed by atoms with van der Waals surface area (Å²) < 4.78 is 0. The van der Waals surface area contributed by atoms with Crippen molar-refractivity contribution in [3.63, 3.8) is 0 Å². The van der Waals surface area contributed by atoms with Crippen LogP contribution in [-0.2, 0) is 6.54 Å². The van der Waals surface area contributed by atoms with Crippen molar-refractivity contribution in [1.82, 2.24) is 19.7 Å². The summed E-state index contributed by atoms with van der Waals surface area (Å²) in [6.45, 7) is 12.9. The van der Waals surface area contributed by atoms with Crippen LogP contribution in [0.5, 0.6) is 0 Å². The second-order valence-electron chi connectivity index (χ2n) is 8.40. The minimum atomic E-state index is 0.132. The molecule has 0 aliphatic carbocycles. The summed E-state index contributed by atoms with van der Waals surface area (Å²) in [6, 6.07) is 8.77. The smallest absolute Gasteiger partial charge is 0.253 e. The average Bonchev–Trinajstić information content (AvgIpc) is 3.18. The fourth-order valence-electron chi connectivity index (χ4n) is 4.22. The zero-order valence-electron chi connectivity index (χ0n) is 18.0. The third kappa shape index (κ3) is 4.94. The Bertz CT molecular complexity index is 836. The van der Waals surface area contributed by atoms with Crippen LogP contribution in [-0.4, -0.2) is 84.0 Å². The first-order valence-electron chi connectivity index (χ1n) is 10.8. The Morgan fingerprint density at radius 1 is 1.03 bits per heavy atom. The van der Waals surface area contributed by atoms with Gasteiger partial charge in [-0.1, -0.05) is 0 Å². The predicted octanol–water partition coefficient (Wildman–Crippen LogP) is 2.21. The van der Waals surface area contributed by atoms with Gasteiger partial charge in [-0.15, -0.1) is 11.3 Å². The number of hydrogen-bond donors (Lipinski definition) is 1. The van der Waals surface area contributed by atoms with Crippen molar-refractivity contribution < 1.29 is 4.79 Å². The van der Waals surface area contributed by atoms with Gasteiger partial charge >= 0.3 is 0 Å². The number of nitrogen functional groups attached to an aromatic ring is 1. The molecule has 2 saturated heterocycles. The van der Waals surface area contributed by atoms with Crippen LogP contribution in [0, 0.1) is 0 Å². The quantitative estimate of drug-likeness (QED) is 0.788. The predicted molar refractivity (Wildman–Crippen MR) is 123 cm³/mol. The molecule has 162 valence electrons. The number of aromatic nitrogens is 1. The molecule has 2 fully saturated rings. The first-order chi connectivity index (χ1) is 14.5. The highest BCUT2D eigenvalue weighted by atomic mass is 32.1. The lowest BCUT2D eigenvalue weighted by Gasteiger charge is -2.38. The van der Waals surface area contributed by atoms with E-state index in [1.807, 2.05) is 23.2 Å². The molecule has 0 bridgehead atoms. The molecular weight excluding hydrogens is 396 g/mol. The molecule has 0 atom stereocenters. The zero-order chi connectivity index (χ0) is 21.1. The van der Waals surface area contributed by atoms with Crippen molar-refractivity contribution in [2.24, 2.45) is 0 Å². The van der Waals surface area contributed by atoms with Gasteiger partial charge in [0.25, 0.3) is 5.91 Å². The molecule has 4 rings (SSSR count). The van der Waals surface area contributed by atoms with Crippen molar-refractivity contribution in [2.75, 3.05) is 63.0 Å². The number of nitrogens with zero attached hydrogens (tertiary/aromatic N) is 5. The molecular formula is C22H32N6OS. The van der Waals surface area contributed by atoms with Gasteiger partial charge in [0.1, 0.15) is 0 Å². The van der Waals surface area contributed by atoms with Crippen LogP contribution >= 0.6 is 11.3 Å². The number of hydrogen-bond acceptors (Lipinski definition) is 7. The SMILES string of the molecule is CC(C)N1CCN(c2ccc(C(=O)N3CCN(Cc4cnc(N)s4)CC3)cc2)CC1. The van der Waals surface area contributed by atoms with Gasteiger partial charge in [-0.3, -0.25) is 14.6 Å². The molecule has 3 heterocycles. The van der Waals surface area contributed by atoms with Crippen molar-refractivity contribution in [3.05, 3.63) is 40.9 Å². The van der Waals surface area contributed by atoms with E-state index in [0.717, 1.165) is 64.5 Å². The second-order valence-corrected chi connectivity index (χ2v) is 9.54. The van der Waals surface area contributed by atoms with Gasteiger partial charge < -0.3 is 15.5 Å². The standard InChI is InChI=1S/C22H32N6OS/c1-17(2)26-11-13-27(14-12-26)19-5-3-18(4-6-19)21(29)28-9-7-25(8-10-28)16-20-15-24-22(23)30-20/h3-6,15,17H,7-14,16H2,1-2H3,(H2,23,24). The Labute approximate surface area is 183 Å². The fraction of sp³-hybridized carbons (Fsp3) is 0.545. The Kier molecular flexibility index (Phi) is 6.55. The Balaban J connectivity index is 1.28. The molecule has 7 nitrogen and oxygen atoms in total. The lowest BCUT2D eigenvalue weighted by atomic mass is 10.1. The number of anilines is 2. The summed E-state index contributed by atoms with van der Waals surface area (Å²) in [7, 11) is 0. The first-order valence-corrected chi connectivity index (χ1v) is 11.6. The number of carbonyl (C=O) groups is 1. The molecule has 2 N–H and O–H groups in total. The highest BCUT2D eigenvalue weighted by molar-refractivity contribution is 7.15. The number of piperazine rings is 2. The molecule has 0 spiro atoms. The minimum absolute atomic E-state index is 0.132. The second kappa shape index (κ2) is 9.32. The van der Waals surface area contributed by atoms with Gasteiger partial charge in [0.05, 0.1) is 0 Å². The molecule has 2 aliphatic rings. The Morgan fingerprint density at radius 3 is 2.27 bits per heavy atom. The van der Waals surface area contributed by atoms with Crippen LogP contribution in [0.3, 0.4) is 0 Å². The monoisotopic (exact) mass is 428 g/mol. The van der Waals surface area contributed by atoms with E-state index in [9.17, 15) is 4.79 Å². The maximum Gasteiger partial charge on any atom is 0.253 e. The van der Waals surface area contributed by atoms with E-state index in [0.29, 0.717) is 11.2 Å². The molecule has 0 unspecified atom stereocenters.